The van der Waals surface area contributed by atoms with Crippen LogP contribution in [-0.2, 0) is 4.79 Å². The second kappa shape index (κ2) is 8.39. The Kier molecular flexibility index (Phi) is 6.52. The van der Waals surface area contributed by atoms with E-state index in [1.807, 2.05) is 12.1 Å². The van der Waals surface area contributed by atoms with Gasteiger partial charge in [0, 0.05) is 16.9 Å². The summed E-state index contributed by atoms with van der Waals surface area (Å²) in [5, 5.41) is 3.62. The van der Waals surface area contributed by atoms with Gasteiger partial charge in [-0.3, -0.25) is 4.79 Å². The van der Waals surface area contributed by atoms with Gasteiger partial charge in [-0.1, -0.05) is 25.4 Å². The van der Waals surface area contributed by atoms with Crippen LogP contribution in [0.3, 0.4) is 0 Å². The molecule has 0 aromatic heterocycles. The molecule has 1 heterocycles. The fourth-order valence-electron chi connectivity index (χ4n) is 3.25. The number of piperidine rings is 1. The second-order valence-corrected chi connectivity index (χ2v) is 6.87. The molecule has 0 spiro atoms. The molecule has 1 aromatic carbocycles. The lowest BCUT2D eigenvalue weighted by Gasteiger charge is -2.31. The summed E-state index contributed by atoms with van der Waals surface area (Å²) in [6.07, 6.45) is 1.28. The fourth-order valence-corrected chi connectivity index (χ4v) is 3.37. The van der Waals surface area contributed by atoms with Gasteiger partial charge in [-0.15, -0.1) is 0 Å². The first kappa shape index (κ1) is 17.1. The normalized spacial score (nSPS) is 24.8. The SMILES string of the molecule is C[C@H]1C[C@H](C)C[NH+](CC(=O)NCCOc2ccc(Cl)cc2)C1. The first-order valence-corrected chi connectivity index (χ1v) is 8.39. The summed E-state index contributed by atoms with van der Waals surface area (Å²) in [4.78, 5) is 13.4. The van der Waals surface area contributed by atoms with Crippen molar-refractivity contribution in [3.05, 3.63) is 29.3 Å². The van der Waals surface area contributed by atoms with Crippen molar-refractivity contribution in [1.29, 1.82) is 0 Å². The Morgan fingerprint density at radius 3 is 2.55 bits per heavy atom. The maximum atomic E-state index is 12.0. The first-order valence-electron chi connectivity index (χ1n) is 8.01. The maximum absolute atomic E-state index is 12.0. The molecule has 4 nitrogen and oxygen atoms in total. The molecular formula is C17H26ClN2O2+. The van der Waals surface area contributed by atoms with E-state index in [0.29, 0.717) is 36.6 Å². The van der Waals surface area contributed by atoms with E-state index in [2.05, 4.69) is 19.2 Å². The summed E-state index contributed by atoms with van der Waals surface area (Å²) in [7, 11) is 0. The molecule has 1 aromatic rings. The van der Waals surface area contributed by atoms with Gasteiger partial charge in [0.1, 0.15) is 12.4 Å². The van der Waals surface area contributed by atoms with E-state index >= 15 is 0 Å². The van der Waals surface area contributed by atoms with Crippen LogP contribution >= 0.6 is 11.6 Å². The molecular weight excluding hydrogens is 300 g/mol. The summed E-state index contributed by atoms with van der Waals surface area (Å²) in [5.41, 5.74) is 0. The van der Waals surface area contributed by atoms with Gasteiger partial charge >= 0.3 is 0 Å². The Morgan fingerprint density at radius 1 is 1.27 bits per heavy atom. The summed E-state index contributed by atoms with van der Waals surface area (Å²) in [5.74, 6) is 2.29. The molecule has 0 unspecified atom stereocenters. The van der Waals surface area contributed by atoms with Gasteiger partial charge in [-0.2, -0.15) is 0 Å². The third-order valence-electron chi connectivity index (χ3n) is 4.00. The average Bonchev–Trinajstić information content (AvgIpc) is 2.44. The third-order valence-corrected chi connectivity index (χ3v) is 4.25. The highest BCUT2D eigenvalue weighted by molar-refractivity contribution is 6.30. The van der Waals surface area contributed by atoms with Crippen molar-refractivity contribution in [2.75, 3.05) is 32.8 Å². The number of halogens is 1. The molecule has 5 heteroatoms. The van der Waals surface area contributed by atoms with Gasteiger partial charge in [0.2, 0.25) is 0 Å². The van der Waals surface area contributed by atoms with Crippen molar-refractivity contribution in [3.63, 3.8) is 0 Å². The molecule has 22 heavy (non-hydrogen) atoms. The zero-order chi connectivity index (χ0) is 15.9. The Bertz CT molecular complexity index is 468. The predicted octanol–water partition coefficient (Wildman–Crippen LogP) is 1.40. The number of likely N-dealkylation sites (tertiary alicyclic amines) is 1. The lowest BCUT2D eigenvalue weighted by atomic mass is 9.92. The largest absolute Gasteiger partial charge is 0.492 e. The van der Waals surface area contributed by atoms with Crippen LogP contribution in [0.2, 0.25) is 5.02 Å². The minimum absolute atomic E-state index is 0.107. The van der Waals surface area contributed by atoms with Crippen LogP contribution in [0.25, 0.3) is 0 Å². The van der Waals surface area contributed by atoms with Gasteiger partial charge in [0.25, 0.3) is 5.91 Å². The van der Waals surface area contributed by atoms with Gasteiger partial charge in [-0.25, -0.2) is 0 Å². The van der Waals surface area contributed by atoms with E-state index in [1.54, 1.807) is 12.1 Å². The highest BCUT2D eigenvalue weighted by Gasteiger charge is 2.26. The van der Waals surface area contributed by atoms with E-state index in [-0.39, 0.29) is 5.91 Å². The molecule has 0 saturated carbocycles. The van der Waals surface area contributed by atoms with Crippen LogP contribution < -0.4 is 15.0 Å². The standard InChI is InChI=1S/C17H25ClN2O2/c1-13-9-14(2)11-20(10-13)12-17(21)19-7-8-22-16-5-3-15(18)4-6-16/h3-6,13-14H,7-12H2,1-2H3,(H,19,21)/p+1/t13-,14-/m0/s1. The molecule has 1 aliphatic heterocycles. The number of quaternary nitrogens is 1. The van der Waals surface area contributed by atoms with Crippen LogP contribution in [0, 0.1) is 11.8 Å². The molecule has 0 radical (unpaired) electrons. The van der Waals surface area contributed by atoms with Crippen molar-refractivity contribution in [2.24, 2.45) is 11.8 Å². The number of benzene rings is 1. The number of hydrogen-bond acceptors (Lipinski definition) is 2. The quantitative estimate of drug-likeness (QED) is 0.776. The molecule has 2 atom stereocenters. The number of nitrogens with one attached hydrogen (secondary N) is 2. The van der Waals surface area contributed by atoms with Crippen molar-refractivity contribution < 1.29 is 14.4 Å². The van der Waals surface area contributed by atoms with Crippen LogP contribution in [0.5, 0.6) is 5.75 Å². The number of rotatable bonds is 6. The molecule has 1 amide bonds. The first-order chi connectivity index (χ1) is 10.5. The number of carbonyl (C=O) groups is 1. The molecule has 122 valence electrons. The van der Waals surface area contributed by atoms with E-state index in [0.717, 1.165) is 18.8 Å². The third kappa shape index (κ3) is 5.85. The van der Waals surface area contributed by atoms with Crippen molar-refractivity contribution in [3.8, 4) is 5.75 Å². The van der Waals surface area contributed by atoms with Crippen LogP contribution in [0.1, 0.15) is 20.3 Å². The smallest absolute Gasteiger partial charge is 0.275 e. The van der Waals surface area contributed by atoms with Gasteiger partial charge in [0.05, 0.1) is 19.6 Å². The van der Waals surface area contributed by atoms with E-state index in [1.165, 1.54) is 11.3 Å². The van der Waals surface area contributed by atoms with Crippen LogP contribution in [-0.4, -0.2) is 38.7 Å². The molecule has 2 N–H and O–H groups in total. The summed E-state index contributed by atoms with van der Waals surface area (Å²) >= 11 is 5.81. The van der Waals surface area contributed by atoms with Crippen LogP contribution in [0.15, 0.2) is 24.3 Å². The minimum atomic E-state index is 0.107. The van der Waals surface area contributed by atoms with Crippen molar-refractivity contribution >= 4 is 17.5 Å². The fraction of sp³-hybridized carbons (Fsp3) is 0.588. The predicted molar refractivity (Wildman–Crippen MR) is 88.5 cm³/mol. The number of hydrogen-bond donors (Lipinski definition) is 2. The van der Waals surface area contributed by atoms with Gasteiger partial charge in [0.15, 0.2) is 6.54 Å². The number of ether oxygens (including phenoxy) is 1. The molecule has 0 aliphatic carbocycles. The van der Waals surface area contributed by atoms with Gasteiger partial charge in [-0.05, 0) is 30.7 Å². The zero-order valence-corrected chi connectivity index (χ0v) is 14.2. The van der Waals surface area contributed by atoms with Crippen molar-refractivity contribution in [2.45, 2.75) is 20.3 Å². The molecule has 1 saturated heterocycles. The van der Waals surface area contributed by atoms with E-state index in [4.69, 9.17) is 16.3 Å². The summed E-state index contributed by atoms with van der Waals surface area (Å²) in [6.45, 7) is 8.30. The molecule has 0 bridgehead atoms. The minimum Gasteiger partial charge on any atom is -0.492 e. The van der Waals surface area contributed by atoms with E-state index in [9.17, 15) is 4.79 Å². The Hall–Kier alpha value is -1.26. The van der Waals surface area contributed by atoms with Crippen LogP contribution in [0.4, 0.5) is 0 Å². The average molecular weight is 326 g/mol. The Morgan fingerprint density at radius 2 is 1.91 bits per heavy atom. The Labute approximate surface area is 137 Å². The highest BCUT2D eigenvalue weighted by Crippen LogP contribution is 2.15. The zero-order valence-electron chi connectivity index (χ0n) is 13.4. The molecule has 1 fully saturated rings. The van der Waals surface area contributed by atoms with Gasteiger partial charge < -0.3 is 15.0 Å². The highest BCUT2D eigenvalue weighted by atomic mass is 35.5. The lowest BCUT2D eigenvalue weighted by Crippen LogP contribution is -3.15. The number of carbonyl (C=O) groups excluding carboxylic acids is 1. The summed E-state index contributed by atoms with van der Waals surface area (Å²) < 4.78 is 5.56. The summed E-state index contributed by atoms with van der Waals surface area (Å²) in [6, 6.07) is 7.23. The Balaban J connectivity index is 1.62. The second-order valence-electron chi connectivity index (χ2n) is 6.43. The topological polar surface area (TPSA) is 42.8 Å². The lowest BCUT2D eigenvalue weighted by molar-refractivity contribution is -0.904. The monoisotopic (exact) mass is 325 g/mol. The van der Waals surface area contributed by atoms with Crippen molar-refractivity contribution in [1.82, 2.24) is 5.32 Å². The van der Waals surface area contributed by atoms with E-state index < -0.39 is 0 Å². The molecule has 1 aliphatic rings. The molecule has 2 rings (SSSR count). The number of amides is 1. The maximum Gasteiger partial charge on any atom is 0.275 e.